The van der Waals surface area contributed by atoms with E-state index in [4.69, 9.17) is 4.42 Å². The zero-order valence-electron chi connectivity index (χ0n) is 14.1. The van der Waals surface area contributed by atoms with Crippen LogP contribution in [-0.4, -0.2) is 15.5 Å². The minimum Gasteiger partial charge on any atom is -0.464 e. The van der Waals surface area contributed by atoms with Gasteiger partial charge in [-0.15, -0.1) is 0 Å². The molecule has 0 saturated heterocycles. The predicted octanol–water partition coefficient (Wildman–Crippen LogP) is 4.03. The van der Waals surface area contributed by atoms with Crippen LogP contribution < -0.4 is 10.0 Å². The first-order valence-corrected chi connectivity index (χ1v) is 9.42. The molecule has 0 aliphatic carbocycles. The molecule has 1 heterocycles. The molecule has 3 rings (SSSR count). The quantitative estimate of drug-likeness (QED) is 0.699. The van der Waals surface area contributed by atoms with Gasteiger partial charge in [0, 0.05) is 11.6 Å². The van der Waals surface area contributed by atoms with Crippen molar-refractivity contribution in [3.8, 4) is 11.3 Å². The Morgan fingerprint density at radius 1 is 1.00 bits per heavy atom. The molecule has 25 heavy (non-hydrogen) atoms. The smallest absolute Gasteiger partial charge is 0.261 e. The van der Waals surface area contributed by atoms with Crippen LogP contribution in [0.25, 0.3) is 11.3 Å². The zero-order chi connectivity index (χ0) is 17.9. The molecule has 1 unspecified atom stereocenters. The second kappa shape index (κ2) is 7.13. The summed E-state index contributed by atoms with van der Waals surface area (Å²) in [5, 5.41) is 3.18. The van der Waals surface area contributed by atoms with Crippen LogP contribution in [0.2, 0.25) is 0 Å². The van der Waals surface area contributed by atoms with Gasteiger partial charge in [-0.25, -0.2) is 8.42 Å². The highest BCUT2D eigenvalue weighted by atomic mass is 32.2. The summed E-state index contributed by atoms with van der Waals surface area (Å²) >= 11 is 0. The lowest BCUT2D eigenvalue weighted by molar-refractivity contribution is 0.582. The number of rotatable bonds is 6. The van der Waals surface area contributed by atoms with Crippen LogP contribution in [0.4, 0.5) is 5.69 Å². The van der Waals surface area contributed by atoms with E-state index >= 15 is 0 Å². The van der Waals surface area contributed by atoms with Gasteiger partial charge < -0.3 is 9.73 Å². The molecule has 0 amide bonds. The highest BCUT2D eigenvalue weighted by Gasteiger charge is 2.18. The molecule has 0 saturated carbocycles. The van der Waals surface area contributed by atoms with Gasteiger partial charge in [0.2, 0.25) is 0 Å². The first-order chi connectivity index (χ1) is 12.0. The molecule has 5 nitrogen and oxygen atoms in total. The molecule has 0 spiro atoms. The van der Waals surface area contributed by atoms with Gasteiger partial charge >= 0.3 is 0 Å². The van der Waals surface area contributed by atoms with E-state index in [-0.39, 0.29) is 10.9 Å². The molecule has 2 N–H and O–H groups in total. The lowest BCUT2D eigenvalue weighted by Crippen LogP contribution is -2.15. The van der Waals surface area contributed by atoms with Crippen LogP contribution in [0, 0.1) is 0 Å². The van der Waals surface area contributed by atoms with Crippen LogP contribution in [0.1, 0.15) is 18.5 Å². The normalized spacial score (nSPS) is 12.7. The number of sulfonamides is 1. The summed E-state index contributed by atoms with van der Waals surface area (Å²) in [7, 11) is -1.79. The summed E-state index contributed by atoms with van der Waals surface area (Å²) in [6, 6.07) is 17.6. The fraction of sp³-hybridized carbons (Fsp3) is 0.158. The van der Waals surface area contributed by atoms with Crippen molar-refractivity contribution < 1.29 is 12.8 Å². The molecule has 0 fully saturated rings. The third-order valence-electron chi connectivity index (χ3n) is 4.06. The maximum Gasteiger partial charge on any atom is 0.261 e. The fourth-order valence-electron chi connectivity index (χ4n) is 2.53. The molecular weight excluding hydrogens is 336 g/mol. The van der Waals surface area contributed by atoms with Crippen LogP contribution in [-0.2, 0) is 10.0 Å². The average molecular weight is 356 g/mol. The molecule has 0 aliphatic rings. The Labute approximate surface area is 147 Å². The number of furan rings is 1. The number of hydrogen-bond acceptors (Lipinski definition) is 4. The van der Waals surface area contributed by atoms with Crippen molar-refractivity contribution >= 4 is 15.7 Å². The fourth-order valence-corrected chi connectivity index (χ4v) is 3.63. The summed E-state index contributed by atoms with van der Waals surface area (Å²) in [6.07, 6.45) is 1.57. The van der Waals surface area contributed by atoms with E-state index in [9.17, 15) is 8.42 Å². The maximum absolute atomic E-state index is 12.6. The lowest BCUT2D eigenvalue weighted by atomic mass is 10.0. The number of anilines is 1. The first-order valence-electron chi connectivity index (χ1n) is 7.94. The van der Waals surface area contributed by atoms with Crippen molar-refractivity contribution in [1.82, 2.24) is 5.32 Å². The average Bonchev–Trinajstić information content (AvgIpc) is 3.16. The first kappa shape index (κ1) is 17.3. The predicted molar refractivity (Wildman–Crippen MR) is 98.9 cm³/mol. The third-order valence-corrected chi connectivity index (χ3v) is 5.44. The molecular formula is C19H20N2O3S. The van der Waals surface area contributed by atoms with Crippen LogP contribution in [0.15, 0.2) is 76.2 Å². The van der Waals surface area contributed by atoms with E-state index < -0.39 is 10.0 Å². The molecule has 0 radical (unpaired) electrons. The number of nitrogens with one attached hydrogen (secondary N) is 2. The highest BCUT2D eigenvalue weighted by Crippen LogP contribution is 2.32. The Kier molecular flexibility index (Phi) is 4.92. The monoisotopic (exact) mass is 356 g/mol. The molecule has 3 aromatic rings. The number of benzene rings is 2. The summed E-state index contributed by atoms with van der Waals surface area (Å²) in [6.45, 7) is 2.04. The Balaban J connectivity index is 2.04. The van der Waals surface area contributed by atoms with Crippen molar-refractivity contribution in [2.45, 2.75) is 17.9 Å². The molecule has 130 valence electrons. The molecule has 0 bridgehead atoms. The second-order valence-electron chi connectivity index (χ2n) is 5.71. The van der Waals surface area contributed by atoms with Crippen molar-refractivity contribution in [3.63, 3.8) is 0 Å². The molecule has 0 aliphatic heterocycles. The van der Waals surface area contributed by atoms with Crippen molar-refractivity contribution in [2.24, 2.45) is 0 Å². The van der Waals surface area contributed by atoms with E-state index in [1.165, 1.54) is 0 Å². The van der Waals surface area contributed by atoms with E-state index in [0.717, 1.165) is 5.56 Å². The van der Waals surface area contributed by atoms with Gasteiger partial charge in [0.1, 0.15) is 5.76 Å². The largest absolute Gasteiger partial charge is 0.464 e. The highest BCUT2D eigenvalue weighted by molar-refractivity contribution is 7.92. The van der Waals surface area contributed by atoms with Gasteiger partial charge in [-0.05, 0) is 55.9 Å². The third kappa shape index (κ3) is 3.75. The zero-order valence-corrected chi connectivity index (χ0v) is 14.9. The van der Waals surface area contributed by atoms with Crippen LogP contribution in [0.5, 0.6) is 0 Å². The van der Waals surface area contributed by atoms with Gasteiger partial charge in [0.05, 0.1) is 16.8 Å². The summed E-state index contributed by atoms with van der Waals surface area (Å²) < 4.78 is 33.4. The van der Waals surface area contributed by atoms with E-state index in [2.05, 4.69) is 10.0 Å². The van der Waals surface area contributed by atoms with Gasteiger partial charge in [-0.3, -0.25) is 4.72 Å². The van der Waals surface area contributed by atoms with Gasteiger partial charge in [-0.1, -0.05) is 24.3 Å². The Bertz CT molecular complexity index is 936. The van der Waals surface area contributed by atoms with Crippen LogP contribution >= 0.6 is 0 Å². The van der Waals surface area contributed by atoms with E-state index in [1.807, 2.05) is 32.2 Å². The molecule has 1 atom stereocenters. The SMILES string of the molecule is CNC(C)c1ccc(NS(=O)(=O)c2ccccc2)c(-c2ccco2)c1. The van der Waals surface area contributed by atoms with Gasteiger partial charge in [-0.2, -0.15) is 0 Å². The lowest BCUT2D eigenvalue weighted by Gasteiger charge is -2.16. The van der Waals surface area contributed by atoms with Gasteiger partial charge in [0.25, 0.3) is 10.0 Å². The molecule has 6 heteroatoms. The van der Waals surface area contributed by atoms with Crippen LogP contribution in [0.3, 0.4) is 0 Å². The van der Waals surface area contributed by atoms with Crippen molar-refractivity contribution in [2.75, 3.05) is 11.8 Å². The van der Waals surface area contributed by atoms with Gasteiger partial charge in [0.15, 0.2) is 0 Å². The summed E-state index contributed by atoms with van der Waals surface area (Å²) in [5.41, 5.74) is 2.21. The minimum atomic E-state index is -3.67. The van der Waals surface area contributed by atoms with E-state index in [1.54, 1.807) is 48.7 Å². The Morgan fingerprint density at radius 2 is 1.76 bits per heavy atom. The summed E-state index contributed by atoms with van der Waals surface area (Å²) in [5.74, 6) is 0.607. The minimum absolute atomic E-state index is 0.133. The molecule has 1 aromatic heterocycles. The molecule has 2 aromatic carbocycles. The van der Waals surface area contributed by atoms with Crippen molar-refractivity contribution in [3.05, 3.63) is 72.5 Å². The summed E-state index contributed by atoms with van der Waals surface area (Å²) in [4.78, 5) is 0.216. The maximum atomic E-state index is 12.6. The standard InChI is InChI=1S/C19H20N2O3S/c1-14(20-2)15-10-11-18(17(13-15)19-9-6-12-24-19)21-25(22,23)16-7-4-3-5-8-16/h3-14,20-21H,1-2H3. The number of hydrogen-bond donors (Lipinski definition) is 2. The topological polar surface area (TPSA) is 71.3 Å². The Morgan fingerprint density at radius 3 is 2.40 bits per heavy atom. The second-order valence-corrected chi connectivity index (χ2v) is 7.39. The van der Waals surface area contributed by atoms with Crippen molar-refractivity contribution in [1.29, 1.82) is 0 Å². The Hall–Kier alpha value is -2.57. The van der Waals surface area contributed by atoms with E-state index in [0.29, 0.717) is 17.0 Å².